The maximum Gasteiger partial charge on any atom is 0.317 e. The Morgan fingerprint density at radius 3 is 2.59 bits per heavy atom. The number of halogens is 2. The first-order valence-corrected chi connectivity index (χ1v) is 9.43. The van der Waals surface area contributed by atoms with Crippen molar-refractivity contribution in [3.63, 3.8) is 0 Å². The highest BCUT2D eigenvalue weighted by molar-refractivity contribution is 7.13. The summed E-state index contributed by atoms with van der Waals surface area (Å²) in [7, 11) is 0. The lowest BCUT2D eigenvalue weighted by Gasteiger charge is -2.42. The van der Waals surface area contributed by atoms with Crippen LogP contribution in [0.15, 0.2) is 23.6 Å². The van der Waals surface area contributed by atoms with Crippen LogP contribution in [0.4, 0.5) is 8.78 Å². The van der Waals surface area contributed by atoms with Crippen molar-refractivity contribution in [2.45, 2.75) is 31.8 Å². The average Bonchev–Trinajstić information content (AvgIpc) is 3.05. The molecule has 1 aromatic carbocycles. The van der Waals surface area contributed by atoms with Crippen molar-refractivity contribution in [3.05, 3.63) is 40.9 Å². The summed E-state index contributed by atoms with van der Waals surface area (Å²) in [6.07, 6.45) is 1.32. The first kappa shape index (κ1) is 19.4. The van der Waals surface area contributed by atoms with E-state index in [0.29, 0.717) is 19.4 Å². The lowest BCUT2D eigenvalue weighted by Crippen LogP contribution is -2.54. The van der Waals surface area contributed by atoms with E-state index in [1.165, 1.54) is 11.4 Å². The first-order chi connectivity index (χ1) is 12.9. The summed E-state index contributed by atoms with van der Waals surface area (Å²) in [6, 6.07) is 3.61. The molecule has 0 atom stereocenters. The third-order valence-corrected chi connectivity index (χ3v) is 5.48. The number of hydrogen-bond donors (Lipinski definition) is 2. The van der Waals surface area contributed by atoms with Crippen molar-refractivity contribution in [2.75, 3.05) is 13.1 Å². The highest BCUT2D eigenvalue weighted by Gasteiger charge is 2.35. The van der Waals surface area contributed by atoms with Gasteiger partial charge in [0.1, 0.15) is 22.3 Å². The average molecular weight is 395 g/mol. The molecule has 1 fully saturated rings. The predicted molar refractivity (Wildman–Crippen MR) is 96.6 cm³/mol. The van der Waals surface area contributed by atoms with Crippen LogP contribution in [0.5, 0.6) is 0 Å². The maximum atomic E-state index is 13.8. The lowest BCUT2D eigenvalue weighted by molar-refractivity contribution is -0.139. The van der Waals surface area contributed by atoms with Crippen molar-refractivity contribution in [1.29, 1.82) is 0 Å². The van der Waals surface area contributed by atoms with Crippen molar-refractivity contribution in [1.82, 2.24) is 15.2 Å². The van der Waals surface area contributed by atoms with Gasteiger partial charge in [0.05, 0.1) is 12.1 Å². The Kier molecular flexibility index (Phi) is 5.81. The molecular weight excluding hydrogens is 376 g/mol. The van der Waals surface area contributed by atoms with Crippen LogP contribution in [0.25, 0.3) is 10.6 Å². The molecule has 1 saturated carbocycles. The van der Waals surface area contributed by atoms with E-state index in [9.17, 15) is 18.4 Å². The number of rotatable bonds is 7. The summed E-state index contributed by atoms with van der Waals surface area (Å²) < 4.78 is 27.7. The van der Waals surface area contributed by atoms with Gasteiger partial charge in [0, 0.05) is 17.5 Å². The standard InChI is InChI=1S/C18H19F2N3O3S/c1-2-23(8-15(24)25)11-6-10(7-11)21-17(26)14-9-27-18(22-14)16-12(19)4-3-5-13(16)20/h3-5,9-11H,2,6-8H2,1H3,(H,21,26)(H,24,25). The van der Waals surface area contributed by atoms with Gasteiger partial charge in [-0.25, -0.2) is 13.8 Å². The SMILES string of the molecule is CCN(CC(=O)O)C1CC(NC(=O)c2csc(-c3c(F)cccc3F)n2)C1. The summed E-state index contributed by atoms with van der Waals surface area (Å²) in [5.74, 6) is -2.73. The number of carboxylic acid groups (broad SMARTS) is 1. The van der Waals surface area contributed by atoms with Gasteiger partial charge in [-0.2, -0.15) is 0 Å². The third-order valence-electron chi connectivity index (χ3n) is 4.62. The molecule has 0 bridgehead atoms. The van der Waals surface area contributed by atoms with E-state index in [4.69, 9.17) is 5.11 Å². The van der Waals surface area contributed by atoms with Crippen LogP contribution in [-0.4, -0.2) is 52.0 Å². The fraction of sp³-hybridized carbons (Fsp3) is 0.389. The zero-order valence-corrected chi connectivity index (χ0v) is 15.4. The number of hydrogen-bond acceptors (Lipinski definition) is 5. The molecule has 1 aliphatic rings. The van der Waals surface area contributed by atoms with Crippen molar-refractivity contribution >= 4 is 23.2 Å². The molecule has 6 nitrogen and oxygen atoms in total. The molecule has 0 radical (unpaired) electrons. The molecule has 0 saturated heterocycles. The monoisotopic (exact) mass is 395 g/mol. The van der Waals surface area contributed by atoms with Crippen molar-refractivity contribution < 1.29 is 23.5 Å². The number of nitrogens with zero attached hydrogens (tertiary/aromatic N) is 2. The third kappa shape index (κ3) is 4.30. The molecule has 2 aromatic rings. The fourth-order valence-electron chi connectivity index (χ4n) is 3.13. The summed E-state index contributed by atoms with van der Waals surface area (Å²) in [6.45, 7) is 2.50. The second-order valence-electron chi connectivity index (χ2n) is 6.39. The van der Waals surface area contributed by atoms with Gasteiger partial charge in [-0.3, -0.25) is 14.5 Å². The number of carbonyl (C=O) groups excluding carboxylic acids is 1. The summed E-state index contributed by atoms with van der Waals surface area (Å²) in [5.41, 5.74) is -0.128. The van der Waals surface area contributed by atoms with Crippen LogP contribution < -0.4 is 5.32 Å². The van der Waals surface area contributed by atoms with Crippen LogP contribution in [0, 0.1) is 11.6 Å². The summed E-state index contributed by atoms with van der Waals surface area (Å²) >= 11 is 1.00. The summed E-state index contributed by atoms with van der Waals surface area (Å²) in [5, 5.41) is 13.3. The normalized spacial score (nSPS) is 19.0. The van der Waals surface area contributed by atoms with Gasteiger partial charge in [-0.1, -0.05) is 13.0 Å². The molecule has 3 rings (SSSR count). The molecule has 1 amide bonds. The Morgan fingerprint density at radius 1 is 1.33 bits per heavy atom. The molecule has 1 heterocycles. The largest absolute Gasteiger partial charge is 0.480 e. The van der Waals surface area contributed by atoms with Crippen LogP contribution in [-0.2, 0) is 4.79 Å². The topological polar surface area (TPSA) is 82.5 Å². The fourth-order valence-corrected chi connectivity index (χ4v) is 3.98. The summed E-state index contributed by atoms with van der Waals surface area (Å²) in [4.78, 5) is 29.1. The van der Waals surface area contributed by atoms with Crippen LogP contribution in [0.2, 0.25) is 0 Å². The second-order valence-corrected chi connectivity index (χ2v) is 7.25. The molecular formula is C18H19F2N3O3S. The quantitative estimate of drug-likeness (QED) is 0.753. The predicted octanol–water partition coefficient (Wildman–Crippen LogP) is 2.76. The van der Waals surface area contributed by atoms with E-state index in [2.05, 4.69) is 10.3 Å². The Balaban J connectivity index is 1.59. The van der Waals surface area contributed by atoms with E-state index in [1.807, 2.05) is 11.8 Å². The van der Waals surface area contributed by atoms with E-state index in [0.717, 1.165) is 23.5 Å². The van der Waals surface area contributed by atoms with E-state index in [1.54, 1.807) is 0 Å². The van der Waals surface area contributed by atoms with Gasteiger partial charge in [0.15, 0.2) is 0 Å². The second kappa shape index (κ2) is 8.10. The van der Waals surface area contributed by atoms with Crippen LogP contribution >= 0.6 is 11.3 Å². The molecule has 0 unspecified atom stereocenters. The minimum Gasteiger partial charge on any atom is -0.480 e. The van der Waals surface area contributed by atoms with Gasteiger partial charge < -0.3 is 10.4 Å². The number of carboxylic acids is 1. The van der Waals surface area contributed by atoms with Gasteiger partial charge in [-0.05, 0) is 31.5 Å². The number of likely N-dealkylation sites (N-methyl/N-ethyl adjacent to an activating group) is 1. The first-order valence-electron chi connectivity index (χ1n) is 8.55. The number of nitrogens with one attached hydrogen (secondary N) is 1. The highest BCUT2D eigenvalue weighted by Crippen LogP contribution is 2.30. The van der Waals surface area contributed by atoms with E-state index in [-0.39, 0.29) is 34.9 Å². The van der Waals surface area contributed by atoms with Gasteiger partial charge >= 0.3 is 5.97 Å². The minimum absolute atomic E-state index is 0.0223. The molecule has 2 N–H and O–H groups in total. The van der Waals surface area contributed by atoms with Crippen LogP contribution in [0.3, 0.4) is 0 Å². The highest BCUT2D eigenvalue weighted by atomic mass is 32.1. The molecule has 0 spiro atoms. The minimum atomic E-state index is -0.875. The molecule has 1 aromatic heterocycles. The number of aliphatic carboxylic acids is 1. The Bertz CT molecular complexity index is 832. The van der Waals surface area contributed by atoms with Crippen molar-refractivity contribution in [3.8, 4) is 10.6 Å². The number of amides is 1. The molecule has 1 aliphatic carbocycles. The number of thiazole rings is 1. The van der Waals surface area contributed by atoms with Crippen molar-refractivity contribution in [2.24, 2.45) is 0 Å². The lowest BCUT2D eigenvalue weighted by atomic mass is 9.85. The zero-order valence-electron chi connectivity index (χ0n) is 14.6. The number of benzene rings is 1. The molecule has 144 valence electrons. The Morgan fingerprint density at radius 2 is 2.00 bits per heavy atom. The van der Waals surface area contributed by atoms with Crippen LogP contribution in [0.1, 0.15) is 30.3 Å². The molecule has 27 heavy (non-hydrogen) atoms. The van der Waals surface area contributed by atoms with E-state index < -0.39 is 23.5 Å². The Hall–Kier alpha value is -2.39. The molecule has 9 heteroatoms. The van der Waals surface area contributed by atoms with Gasteiger partial charge in [0.25, 0.3) is 5.91 Å². The maximum absolute atomic E-state index is 13.8. The number of aromatic nitrogens is 1. The van der Waals surface area contributed by atoms with E-state index >= 15 is 0 Å². The number of carbonyl (C=O) groups is 2. The van der Waals surface area contributed by atoms with Gasteiger partial charge in [-0.15, -0.1) is 11.3 Å². The smallest absolute Gasteiger partial charge is 0.317 e. The Labute approximate surface area is 158 Å². The molecule has 0 aliphatic heterocycles. The van der Waals surface area contributed by atoms with Gasteiger partial charge in [0.2, 0.25) is 0 Å². The zero-order chi connectivity index (χ0) is 19.6.